The van der Waals surface area contributed by atoms with Crippen LogP contribution in [0.2, 0.25) is 0 Å². The largest absolute Gasteiger partial charge is 0.356 e. The van der Waals surface area contributed by atoms with Gasteiger partial charge in [-0.3, -0.25) is 0 Å². The van der Waals surface area contributed by atoms with Crippen molar-refractivity contribution in [2.24, 2.45) is 7.05 Å². The SMILES string of the molecule is Cn1cc2cc3ccsc3cc2c1. The molecule has 1 nitrogen and oxygen atoms in total. The van der Waals surface area contributed by atoms with Gasteiger partial charge in [-0.05, 0) is 29.0 Å². The van der Waals surface area contributed by atoms with Crippen LogP contribution in [0, 0.1) is 0 Å². The van der Waals surface area contributed by atoms with Gasteiger partial charge >= 0.3 is 0 Å². The number of fused-ring (bicyclic) bond motifs is 2. The number of nitrogens with zero attached hydrogens (tertiary/aromatic N) is 1. The first-order chi connectivity index (χ1) is 6.33. The van der Waals surface area contributed by atoms with Crippen LogP contribution in [0.15, 0.2) is 36.0 Å². The molecule has 3 aromatic rings. The van der Waals surface area contributed by atoms with Crippen LogP contribution in [0.5, 0.6) is 0 Å². The van der Waals surface area contributed by atoms with Crippen molar-refractivity contribution in [2.75, 3.05) is 0 Å². The fourth-order valence-corrected chi connectivity index (χ4v) is 2.56. The first-order valence-corrected chi connectivity index (χ1v) is 5.14. The van der Waals surface area contributed by atoms with Crippen molar-refractivity contribution in [2.45, 2.75) is 0 Å². The molecule has 2 aromatic heterocycles. The number of rotatable bonds is 0. The Balaban J connectivity index is 2.54. The van der Waals surface area contributed by atoms with E-state index in [0.717, 1.165) is 0 Å². The summed E-state index contributed by atoms with van der Waals surface area (Å²) in [6.45, 7) is 0. The highest BCUT2D eigenvalue weighted by molar-refractivity contribution is 7.17. The molecule has 0 unspecified atom stereocenters. The minimum atomic E-state index is 1.33. The molecule has 0 amide bonds. The molecule has 0 saturated carbocycles. The predicted molar refractivity (Wildman–Crippen MR) is 58.3 cm³/mol. The Kier molecular flexibility index (Phi) is 1.30. The fourth-order valence-electron chi connectivity index (χ4n) is 1.74. The molecule has 13 heavy (non-hydrogen) atoms. The minimum absolute atomic E-state index is 1.33. The standard InChI is InChI=1S/C11H9NS/c1-12-6-9-4-8-2-3-13-11(8)5-10(9)7-12/h2-7H,1H3. The summed E-state index contributed by atoms with van der Waals surface area (Å²) in [5, 5.41) is 6.15. The summed E-state index contributed by atoms with van der Waals surface area (Å²) in [7, 11) is 2.06. The minimum Gasteiger partial charge on any atom is -0.356 e. The van der Waals surface area contributed by atoms with Crippen LogP contribution < -0.4 is 0 Å². The van der Waals surface area contributed by atoms with E-state index < -0.39 is 0 Å². The van der Waals surface area contributed by atoms with Crippen LogP contribution in [-0.4, -0.2) is 4.57 Å². The van der Waals surface area contributed by atoms with E-state index in [2.05, 4.69) is 47.6 Å². The van der Waals surface area contributed by atoms with Crippen LogP contribution >= 0.6 is 11.3 Å². The molecule has 0 radical (unpaired) electrons. The molecule has 0 atom stereocenters. The molecule has 0 aliphatic heterocycles. The van der Waals surface area contributed by atoms with E-state index in [-0.39, 0.29) is 0 Å². The van der Waals surface area contributed by atoms with E-state index in [1.54, 1.807) is 11.3 Å². The molecule has 3 rings (SSSR count). The summed E-state index contributed by atoms with van der Waals surface area (Å²) in [6, 6.07) is 6.68. The lowest BCUT2D eigenvalue weighted by Crippen LogP contribution is -1.76. The third-order valence-electron chi connectivity index (χ3n) is 2.34. The summed E-state index contributed by atoms with van der Waals surface area (Å²) in [4.78, 5) is 0. The summed E-state index contributed by atoms with van der Waals surface area (Å²) in [6.07, 6.45) is 4.32. The van der Waals surface area contributed by atoms with E-state index in [0.29, 0.717) is 0 Å². The van der Waals surface area contributed by atoms with Crippen LogP contribution in [-0.2, 0) is 7.05 Å². The molecule has 0 saturated heterocycles. The Morgan fingerprint density at radius 1 is 1.08 bits per heavy atom. The monoisotopic (exact) mass is 187 g/mol. The van der Waals surface area contributed by atoms with Gasteiger partial charge in [-0.25, -0.2) is 0 Å². The van der Waals surface area contributed by atoms with Crippen molar-refractivity contribution >= 4 is 32.2 Å². The van der Waals surface area contributed by atoms with Crippen molar-refractivity contribution < 1.29 is 0 Å². The second-order valence-corrected chi connectivity index (χ2v) is 4.31. The van der Waals surface area contributed by atoms with Gasteiger partial charge in [-0.2, -0.15) is 0 Å². The first-order valence-electron chi connectivity index (χ1n) is 4.26. The first kappa shape index (κ1) is 7.15. The Labute approximate surface area is 80.2 Å². The third kappa shape index (κ3) is 0.988. The number of thiophene rings is 1. The summed E-state index contributed by atoms with van der Waals surface area (Å²) >= 11 is 1.80. The van der Waals surface area contributed by atoms with E-state index in [1.807, 2.05) is 0 Å². The topological polar surface area (TPSA) is 4.93 Å². The maximum Gasteiger partial charge on any atom is 0.0349 e. The lowest BCUT2D eigenvalue weighted by molar-refractivity contribution is 0.934. The molecule has 2 heteroatoms. The Bertz CT molecular complexity index is 526. The number of benzene rings is 1. The maximum atomic E-state index is 2.26. The number of aromatic nitrogens is 1. The van der Waals surface area contributed by atoms with Crippen LogP contribution in [0.25, 0.3) is 20.9 Å². The molecule has 0 fully saturated rings. The number of hydrogen-bond donors (Lipinski definition) is 0. The van der Waals surface area contributed by atoms with E-state index in [4.69, 9.17) is 0 Å². The average Bonchev–Trinajstić information content (AvgIpc) is 2.63. The lowest BCUT2D eigenvalue weighted by Gasteiger charge is -1.89. The van der Waals surface area contributed by atoms with Gasteiger partial charge < -0.3 is 4.57 Å². The summed E-state index contributed by atoms with van der Waals surface area (Å²) in [5.74, 6) is 0. The van der Waals surface area contributed by atoms with Gasteiger partial charge in [0.25, 0.3) is 0 Å². The number of aryl methyl sites for hydroxylation is 1. The van der Waals surface area contributed by atoms with E-state index >= 15 is 0 Å². The van der Waals surface area contributed by atoms with Gasteiger partial charge in [-0.1, -0.05) is 0 Å². The second kappa shape index (κ2) is 2.36. The Morgan fingerprint density at radius 2 is 1.85 bits per heavy atom. The third-order valence-corrected chi connectivity index (χ3v) is 3.22. The highest BCUT2D eigenvalue weighted by atomic mass is 32.1. The van der Waals surface area contributed by atoms with Crippen molar-refractivity contribution in [3.05, 3.63) is 36.0 Å². The fraction of sp³-hybridized carbons (Fsp3) is 0.0909. The average molecular weight is 187 g/mol. The van der Waals surface area contributed by atoms with Crippen molar-refractivity contribution in [1.29, 1.82) is 0 Å². The summed E-state index contributed by atoms with van der Waals surface area (Å²) < 4.78 is 3.48. The molecular formula is C11H9NS. The van der Waals surface area contributed by atoms with E-state index in [1.165, 1.54) is 20.9 Å². The Morgan fingerprint density at radius 3 is 2.69 bits per heavy atom. The Hall–Kier alpha value is -1.28. The quantitative estimate of drug-likeness (QED) is 0.508. The molecule has 0 aliphatic carbocycles. The normalized spacial score (nSPS) is 11.5. The van der Waals surface area contributed by atoms with Crippen LogP contribution in [0.1, 0.15) is 0 Å². The van der Waals surface area contributed by atoms with Gasteiger partial charge in [0, 0.05) is 34.9 Å². The molecule has 0 aliphatic rings. The maximum absolute atomic E-state index is 2.26. The van der Waals surface area contributed by atoms with Crippen molar-refractivity contribution in [3.63, 3.8) is 0 Å². The molecular weight excluding hydrogens is 178 g/mol. The smallest absolute Gasteiger partial charge is 0.0349 e. The highest BCUT2D eigenvalue weighted by Crippen LogP contribution is 2.26. The van der Waals surface area contributed by atoms with Gasteiger partial charge in [-0.15, -0.1) is 11.3 Å². The molecule has 0 bridgehead atoms. The van der Waals surface area contributed by atoms with E-state index in [9.17, 15) is 0 Å². The lowest BCUT2D eigenvalue weighted by atomic mass is 10.2. The molecule has 64 valence electrons. The van der Waals surface area contributed by atoms with Crippen LogP contribution in [0.4, 0.5) is 0 Å². The van der Waals surface area contributed by atoms with Crippen molar-refractivity contribution in [1.82, 2.24) is 4.57 Å². The van der Waals surface area contributed by atoms with Gasteiger partial charge in [0.15, 0.2) is 0 Å². The zero-order valence-corrected chi connectivity index (χ0v) is 8.14. The molecule has 1 aromatic carbocycles. The molecule has 2 heterocycles. The predicted octanol–water partition coefficient (Wildman–Crippen LogP) is 3.39. The zero-order valence-electron chi connectivity index (χ0n) is 7.32. The highest BCUT2D eigenvalue weighted by Gasteiger charge is 1.99. The van der Waals surface area contributed by atoms with Crippen molar-refractivity contribution in [3.8, 4) is 0 Å². The molecule has 0 N–H and O–H groups in total. The molecule has 0 spiro atoms. The number of hydrogen-bond acceptors (Lipinski definition) is 1. The van der Waals surface area contributed by atoms with Crippen LogP contribution in [0.3, 0.4) is 0 Å². The second-order valence-electron chi connectivity index (χ2n) is 3.36. The van der Waals surface area contributed by atoms with Gasteiger partial charge in [0.1, 0.15) is 0 Å². The zero-order chi connectivity index (χ0) is 8.84. The van der Waals surface area contributed by atoms with Gasteiger partial charge in [0.2, 0.25) is 0 Å². The summed E-state index contributed by atoms with van der Waals surface area (Å²) in [5.41, 5.74) is 0. The van der Waals surface area contributed by atoms with Gasteiger partial charge in [0.05, 0.1) is 0 Å².